The first-order chi connectivity index (χ1) is 23.1. The molecule has 1 aliphatic carbocycles. The molecule has 3 aromatic rings. The molecule has 3 aromatic carbocycles. The zero-order chi connectivity index (χ0) is 34.3. The number of ketones is 1. The van der Waals surface area contributed by atoms with E-state index in [2.05, 4.69) is 10.6 Å². The van der Waals surface area contributed by atoms with Crippen molar-refractivity contribution in [3.63, 3.8) is 0 Å². The van der Waals surface area contributed by atoms with Crippen molar-refractivity contribution in [2.24, 2.45) is 5.41 Å². The van der Waals surface area contributed by atoms with Crippen molar-refractivity contribution in [2.75, 3.05) is 18.1 Å². The lowest BCUT2D eigenvalue weighted by atomic mass is 9.81. The number of carbonyl (C=O) groups is 5. The number of Topliss-reactive ketones (excluding diaryl/α,β-unsaturated/α-hetero) is 1. The number of benzene rings is 3. The first-order valence-corrected chi connectivity index (χ1v) is 16.6. The molecule has 3 unspecified atom stereocenters. The molecule has 1 aliphatic heterocycles. The minimum atomic E-state index is -0.729. The average molecular weight is 653 g/mol. The number of anilines is 1. The number of para-hydroxylation sites is 1. The molecule has 0 aromatic heterocycles. The molecule has 3 atom stereocenters. The van der Waals surface area contributed by atoms with Crippen LogP contribution in [0.4, 0.5) is 5.69 Å². The summed E-state index contributed by atoms with van der Waals surface area (Å²) < 4.78 is 5.76. The normalized spacial score (nSPS) is 19.1. The lowest BCUT2D eigenvalue weighted by molar-refractivity contribution is -0.138. The van der Waals surface area contributed by atoms with Crippen LogP contribution in [0.2, 0.25) is 0 Å². The Balaban J connectivity index is 1.33. The van der Waals surface area contributed by atoms with Crippen LogP contribution in [0.25, 0.3) is 0 Å². The molecule has 10 nitrogen and oxygen atoms in total. The summed E-state index contributed by atoms with van der Waals surface area (Å²) in [4.78, 5) is 68.3. The molecule has 0 bridgehead atoms. The van der Waals surface area contributed by atoms with Crippen LogP contribution in [-0.2, 0) is 30.4 Å². The lowest BCUT2D eigenvalue weighted by Gasteiger charge is -2.31. The van der Waals surface area contributed by atoms with Gasteiger partial charge in [0, 0.05) is 19.2 Å². The Morgan fingerprint density at radius 2 is 1.52 bits per heavy atom. The van der Waals surface area contributed by atoms with Crippen LogP contribution in [0, 0.1) is 5.41 Å². The van der Waals surface area contributed by atoms with E-state index in [4.69, 9.17) is 4.74 Å². The van der Waals surface area contributed by atoms with Gasteiger partial charge in [0.2, 0.25) is 11.8 Å². The van der Waals surface area contributed by atoms with Gasteiger partial charge in [0.1, 0.15) is 18.0 Å². The summed E-state index contributed by atoms with van der Waals surface area (Å²) in [6.45, 7) is 4.85. The van der Waals surface area contributed by atoms with Gasteiger partial charge in [-0.15, -0.1) is 0 Å². The summed E-state index contributed by atoms with van der Waals surface area (Å²) in [7, 11) is 0. The summed E-state index contributed by atoms with van der Waals surface area (Å²) in [6.07, 6.45) is 3.44. The maximum Gasteiger partial charge on any atom is 0.263 e. The third-order valence-electron chi connectivity index (χ3n) is 9.48. The number of rotatable bonds is 13. The van der Waals surface area contributed by atoms with Gasteiger partial charge >= 0.3 is 0 Å². The molecule has 4 amide bonds. The highest BCUT2D eigenvalue weighted by Crippen LogP contribution is 2.42. The molecule has 5 rings (SSSR count). The Morgan fingerprint density at radius 1 is 0.896 bits per heavy atom. The first kappa shape index (κ1) is 34.3. The van der Waals surface area contributed by atoms with E-state index in [0.29, 0.717) is 24.4 Å². The maximum absolute atomic E-state index is 13.8. The average Bonchev–Trinajstić information content (AvgIpc) is 3.67. The second-order valence-corrected chi connectivity index (χ2v) is 12.8. The van der Waals surface area contributed by atoms with Crippen LogP contribution in [0.1, 0.15) is 70.2 Å². The minimum Gasteiger partial charge on any atom is -0.484 e. The number of ether oxygens (including phenoxy) is 1. The van der Waals surface area contributed by atoms with Gasteiger partial charge in [0.15, 0.2) is 12.4 Å². The zero-order valence-electron chi connectivity index (χ0n) is 27.8. The number of hydrogen-bond donors (Lipinski definition) is 2. The Hall–Kier alpha value is -4.99. The Labute approximate surface area is 281 Å². The van der Waals surface area contributed by atoms with Crippen LogP contribution in [0.5, 0.6) is 5.75 Å². The SMILES string of the molecule is CC(=O)NCCC1(C(=O)NC(Cc2ccc(N3C(=O)C(C)N(C(=O)COc4ccccc4)C3c3ccccc3)cc2)C(C)=O)CCCC1. The molecular formula is C38H44N4O6. The molecule has 10 heteroatoms. The summed E-state index contributed by atoms with van der Waals surface area (Å²) in [6, 6.07) is 24.4. The smallest absolute Gasteiger partial charge is 0.263 e. The second-order valence-electron chi connectivity index (χ2n) is 12.8. The standard InChI is InChI=1S/C38H44N4O6/c1-26-36(46)42(35(30-12-6-4-7-13-30)41(26)34(45)25-48-32-14-8-5-9-15-32)31-18-16-29(17-19-31)24-33(27(2)43)40-37(47)38(20-10-11-21-38)22-23-39-28(3)44/h4-9,12-19,26,33,35H,10-11,20-25H2,1-3H3,(H,39,44)(H,40,47). The highest BCUT2D eigenvalue weighted by molar-refractivity contribution is 6.03. The molecule has 0 radical (unpaired) electrons. The number of carbonyl (C=O) groups excluding carboxylic acids is 5. The van der Waals surface area contributed by atoms with Gasteiger partial charge < -0.3 is 20.3 Å². The lowest BCUT2D eigenvalue weighted by Crippen LogP contribution is -2.49. The summed E-state index contributed by atoms with van der Waals surface area (Å²) in [5.41, 5.74) is 1.61. The molecule has 1 saturated heterocycles. The predicted molar refractivity (Wildman–Crippen MR) is 182 cm³/mol. The number of nitrogens with zero attached hydrogens (tertiary/aromatic N) is 2. The predicted octanol–water partition coefficient (Wildman–Crippen LogP) is 4.73. The van der Waals surface area contributed by atoms with E-state index in [-0.39, 0.29) is 42.4 Å². The number of amides is 4. The third kappa shape index (κ3) is 7.75. The highest BCUT2D eigenvalue weighted by Gasteiger charge is 2.47. The molecule has 0 spiro atoms. The number of nitrogens with one attached hydrogen (secondary N) is 2. The van der Waals surface area contributed by atoms with Gasteiger partial charge in [-0.05, 0) is 74.9 Å². The van der Waals surface area contributed by atoms with E-state index < -0.39 is 23.7 Å². The Kier molecular flexibility index (Phi) is 10.9. The number of hydrogen-bond acceptors (Lipinski definition) is 6. The van der Waals surface area contributed by atoms with Crippen molar-refractivity contribution in [3.8, 4) is 5.75 Å². The van der Waals surface area contributed by atoms with Crippen LogP contribution in [0.3, 0.4) is 0 Å². The minimum absolute atomic E-state index is 0.134. The van der Waals surface area contributed by atoms with Crippen molar-refractivity contribution in [2.45, 2.75) is 77.5 Å². The molecule has 252 valence electrons. The van der Waals surface area contributed by atoms with Gasteiger partial charge in [-0.25, -0.2) is 0 Å². The molecule has 2 aliphatic rings. The van der Waals surface area contributed by atoms with Gasteiger partial charge in [-0.3, -0.25) is 28.9 Å². The van der Waals surface area contributed by atoms with Crippen LogP contribution in [0.15, 0.2) is 84.9 Å². The van der Waals surface area contributed by atoms with Gasteiger partial charge in [-0.2, -0.15) is 0 Å². The van der Waals surface area contributed by atoms with E-state index in [0.717, 1.165) is 36.8 Å². The molecule has 1 saturated carbocycles. The summed E-state index contributed by atoms with van der Waals surface area (Å²) in [5, 5.41) is 5.81. The Morgan fingerprint density at radius 3 is 2.12 bits per heavy atom. The zero-order valence-corrected chi connectivity index (χ0v) is 27.8. The van der Waals surface area contributed by atoms with E-state index in [1.54, 1.807) is 28.9 Å². The molecular weight excluding hydrogens is 608 g/mol. The fourth-order valence-corrected chi connectivity index (χ4v) is 6.83. The molecule has 2 N–H and O–H groups in total. The van der Waals surface area contributed by atoms with Crippen molar-refractivity contribution < 1.29 is 28.7 Å². The fraction of sp³-hybridized carbons (Fsp3) is 0.395. The van der Waals surface area contributed by atoms with Crippen molar-refractivity contribution >= 4 is 35.1 Å². The van der Waals surface area contributed by atoms with Gasteiger partial charge in [0.05, 0.1) is 11.5 Å². The van der Waals surface area contributed by atoms with Gasteiger partial charge in [0.25, 0.3) is 11.8 Å². The highest BCUT2D eigenvalue weighted by atomic mass is 16.5. The quantitative estimate of drug-likeness (QED) is 0.275. The van der Waals surface area contributed by atoms with E-state index in [1.807, 2.05) is 72.8 Å². The first-order valence-electron chi connectivity index (χ1n) is 16.6. The van der Waals surface area contributed by atoms with Gasteiger partial charge in [-0.1, -0.05) is 73.5 Å². The van der Waals surface area contributed by atoms with E-state index >= 15 is 0 Å². The van der Waals surface area contributed by atoms with E-state index in [1.165, 1.54) is 13.8 Å². The van der Waals surface area contributed by atoms with Crippen LogP contribution in [-0.4, -0.2) is 59.5 Å². The van der Waals surface area contributed by atoms with Crippen LogP contribution < -0.4 is 20.3 Å². The fourth-order valence-electron chi connectivity index (χ4n) is 6.83. The summed E-state index contributed by atoms with van der Waals surface area (Å²) >= 11 is 0. The molecule has 2 fully saturated rings. The molecule has 1 heterocycles. The van der Waals surface area contributed by atoms with Crippen molar-refractivity contribution in [3.05, 3.63) is 96.1 Å². The maximum atomic E-state index is 13.8. The van der Waals surface area contributed by atoms with E-state index in [9.17, 15) is 24.0 Å². The summed E-state index contributed by atoms with van der Waals surface area (Å²) in [5.74, 6) is -0.404. The van der Waals surface area contributed by atoms with Crippen molar-refractivity contribution in [1.82, 2.24) is 15.5 Å². The van der Waals surface area contributed by atoms with Crippen LogP contribution >= 0.6 is 0 Å². The second kappa shape index (κ2) is 15.3. The third-order valence-corrected chi connectivity index (χ3v) is 9.48. The Bertz CT molecular complexity index is 1610. The largest absolute Gasteiger partial charge is 0.484 e. The topological polar surface area (TPSA) is 125 Å². The van der Waals surface area contributed by atoms with Crippen molar-refractivity contribution in [1.29, 1.82) is 0 Å². The molecule has 48 heavy (non-hydrogen) atoms. The monoisotopic (exact) mass is 652 g/mol.